The first-order chi connectivity index (χ1) is 11.3. The van der Waals surface area contributed by atoms with Gasteiger partial charge >= 0.3 is 12.0 Å². The second kappa shape index (κ2) is 7.51. The Bertz CT molecular complexity index is 647. The van der Waals surface area contributed by atoms with E-state index >= 15 is 0 Å². The summed E-state index contributed by atoms with van der Waals surface area (Å²) < 4.78 is 7.16. The minimum absolute atomic E-state index is 0.0341. The summed E-state index contributed by atoms with van der Waals surface area (Å²) in [5.41, 5.74) is 2.34. The fourth-order valence-corrected chi connectivity index (χ4v) is 2.61. The molecule has 1 heterocycles. The second-order valence-corrected chi connectivity index (χ2v) is 6.29. The van der Waals surface area contributed by atoms with E-state index < -0.39 is 24.5 Å². The minimum atomic E-state index is -0.653. The lowest BCUT2D eigenvalue weighted by atomic mass is 10.2. The Morgan fingerprint density at radius 2 is 2.00 bits per heavy atom. The van der Waals surface area contributed by atoms with Crippen LogP contribution in [0.15, 0.2) is 6.07 Å². The molecule has 24 heavy (non-hydrogen) atoms. The molecule has 2 rings (SSSR count). The highest BCUT2D eigenvalue weighted by Gasteiger charge is 2.28. The summed E-state index contributed by atoms with van der Waals surface area (Å²) >= 11 is 0. The highest BCUT2D eigenvalue weighted by Crippen LogP contribution is 2.38. The first kappa shape index (κ1) is 18.0. The summed E-state index contributed by atoms with van der Waals surface area (Å²) in [6, 6.07) is 1.63. The average Bonchev–Trinajstić information content (AvgIpc) is 3.30. The van der Waals surface area contributed by atoms with E-state index in [1.165, 1.54) is 0 Å². The van der Waals surface area contributed by atoms with E-state index in [2.05, 4.69) is 15.2 Å². The second-order valence-electron chi connectivity index (χ2n) is 6.29. The van der Waals surface area contributed by atoms with E-state index in [1.54, 1.807) is 6.07 Å². The van der Waals surface area contributed by atoms with Crippen molar-refractivity contribution in [3.8, 4) is 0 Å². The molecule has 1 aromatic rings. The van der Waals surface area contributed by atoms with Crippen LogP contribution in [0.1, 0.15) is 60.9 Å². The molecule has 1 atom stereocenters. The fourth-order valence-electron chi connectivity index (χ4n) is 2.61. The van der Waals surface area contributed by atoms with Crippen LogP contribution in [0.4, 0.5) is 4.79 Å². The van der Waals surface area contributed by atoms with Crippen LogP contribution in [0.3, 0.4) is 0 Å². The van der Waals surface area contributed by atoms with Gasteiger partial charge in [0.05, 0.1) is 5.56 Å². The molecule has 2 N–H and O–H groups in total. The van der Waals surface area contributed by atoms with Crippen LogP contribution in [0, 0.1) is 13.8 Å². The van der Waals surface area contributed by atoms with Crippen molar-refractivity contribution >= 4 is 17.9 Å². The zero-order valence-electron chi connectivity index (χ0n) is 14.6. The largest absolute Gasteiger partial charge is 0.452 e. The number of imide groups is 1. The van der Waals surface area contributed by atoms with Crippen molar-refractivity contribution in [3.63, 3.8) is 0 Å². The Labute approximate surface area is 141 Å². The molecule has 0 saturated heterocycles. The molecule has 7 heteroatoms. The molecule has 132 valence electrons. The van der Waals surface area contributed by atoms with Gasteiger partial charge in [-0.25, -0.2) is 9.59 Å². The summed E-state index contributed by atoms with van der Waals surface area (Å²) in [4.78, 5) is 35.4. The topological polar surface area (TPSA) is 89.4 Å². The predicted octanol–water partition coefficient (Wildman–Crippen LogP) is 2.22. The van der Waals surface area contributed by atoms with Gasteiger partial charge < -0.3 is 14.6 Å². The van der Waals surface area contributed by atoms with Gasteiger partial charge in [-0.1, -0.05) is 6.92 Å². The number of nitrogens with zero attached hydrogens (tertiary/aromatic N) is 1. The van der Waals surface area contributed by atoms with Crippen LogP contribution in [0.5, 0.6) is 0 Å². The number of nitrogens with one attached hydrogen (secondary N) is 2. The number of amides is 3. The summed E-state index contributed by atoms with van der Waals surface area (Å²) in [5.74, 6) is -1.20. The zero-order chi connectivity index (χ0) is 17.9. The van der Waals surface area contributed by atoms with Crippen molar-refractivity contribution in [3.05, 3.63) is 23.0 Å². The molecule has 0 aliphatic heterocycles. The number of esters is 1. The normalized spacial score (nSPS) is 14.8. The molecule has 0 spiro atoms. The van der Waals surface area contributed by atoms with Gasteiger partial charge in [0.2, 0.25) is 0 Å². The molecule has 1 fully saturated rings. The number of ether oxygens (including phenoxy) is 1. The Morgan fingerprint density at radius 3 is 2.58 bits per heavy atom. The Morgan fingerprint density at radius 1 is 1.33 bits per heavy atom. The number of carbonyl (C=O) groups is 3. The van der Waals surface area contributed by atoms with Gasteiger partial charge in [-0.3, -0.25) is 10.1 Å². The summed E-state index contributed by atoms with van der Waals surface area (Å²) in [7, 11) is 0. The molecule has 0 aromatic carbocycles. The maximum absolute atomic E-state index is 12.2. The molecule has 3 amide bonds. The molecule has 1 aliphatic carbocycles. The standard InChI is InChI=1S/C17H25N3O4/c1-5-10(2)18-17(23)19-15(21)9-24-16(22)14-8-11(3)20(12(14)4)13-6-7-13/h8,10,13H,5-7,9H2,1-4H3,(H2,18,19,21,23)/t10-/m1/s1. The molecule has 0 unspecified atom stereocenters. The first-order valence-corrected chi connectivity index (χ1v) is 8.29. The fraction of sp³-hybridized carbons (Fsp3) is 0.588. The molecule has 1 aromatic heterocycles. The summed E-state index contributed by atoms with van der Waals surface area (Å²) in [6.45, 7) is 7.10. The predicted molar refractivity (Wildman–Crippen MR) is 88.9 cm³/mol. The van der Waals surface area contributed by atoms with Crippen molar-refractivity contribution in [2.24, 2.45) is 0 Å². The third-order valence-electron chi connectivity index (χ3n) is 4.19. The molecule has 0 bridgehead atoms. The highest BCUT2D eigenvalue weighted by atomic mass is 16.5. The Kier molecular flexibility index (Phi) is 5.64. The summed E-state index contributed by atoms with van der Waals surface area (Å²) in [5, 5.41) is 4.74. The lowest BCUT2D eigenvalue weighted by Gasteiger charge is -2.12. The number of urea groups is 1. The van der Waals surface area contributed by atoms with E-state index in [0.29, 0.717) is 11.6 Å². The molecular formula is C17H25N3O4. The molecule has 1 saturated carbocycles. The lowest BCUT2D eigenvalue weighted by molar-refractivity contribution is -0.123. The molecule has 0 radical (unpaired) electrons. The number of hydrogen-bond donors (Lipinski definition) is 2. The third kappa shape index (κ3) is 4.37. The molecule has 7 nitrogen and oxygen atoms in total. The van der Waals surface area contributed by atoms with Crippen LogP contribution in [-0.2, 0) is 9.53 Å². The summed E-state index contributed by atoms with van der Waals surface area (Å²) in [6.07, 6.45) is 3.00. The van der Waals surface area contributed by atoms with E-state index in [4.69, 9.17) is 4.74 Å². The van der Waals surface area contributed by atoms with Gasteiger partial charge in [0.25, 0.3) is 5.91 Å². The lowest BCUT2D eigenvalue weighted by Crippen LogP contribution is -2.44. The molecule has 1 aliphatic rings. The van der Waals surface area contributed by atoms with Crippen LogP contribution < -0.4 is 10.6 Å². The first-order valence-electron chi connectivity index (χ1n) is 8.29. The highest BCUT2D eigenvalue weighted by molar-refractivity contribution is 5.97. The van der Waals surface area contributed by atoms with E-state index in [1.807, 2.05) is 27.7 Å². The minimum Gasteiger partial charge on any atom is -0.452 e. The number of rotatable bonds is 6. The van der Waals surface area contributed by atoms with Crippen LogP contribution in [0.2, 0.25) is 0 Å². The van der Waals surface area contributed by atoms with Gasteiger partial charge in [-0.15, -0.1) is 0 Å². The van der Waals surface area contributed by atoms with Crippen molar-refractivity contribution < 1.29 is 19.1 Å². The quantitative estimate of drug-likeness (QED) is 0.780. The van der Waals surface area contributed by atoms with Gasteiger partial charge in [-0.05, 0) is 46.1 Å². The number of aryl methyl sites for hydroxylation is 1. The van der Waals surface area contributed by atoms with Gasteiger partial charge in [0, 0.05) is 23.5 Å². The molecular weight excluding hydrogens is 310 g/mol. The van der Waals surface area contributed by atoms with Crippen molar-refractivity contribution in [1.82, 2.24) is 15.2 Å². The van der Waals surface area contributed by atoms with E-state index in [9.17, 15) is 14.4 Å². The van der Waals surface area contributed by atoms with Crippen LogP contribution >= 0.6 is 0 Å². The average molecular weight is 335 g/mol. The monoisotopic (exact) mass is 335 g/mol. The smallest absolute Gasteiger partial charge is 0.340 e. The maximum atomic E-state index is 12.2. The maximum Gasteiger partial charge on any atom is 0.340 e. The van der Waals surface area contributed by atoms with Crippen LogP contribution in [-0.4, -0.2) is 35.1 Å². The third-order valence-corrected chi connectivity index (χ3v) is 4.19. The van der Waals surface area contributed by atoms with Gasteiger partial charge in [0.1, 0.15) is 0 Å². The Balaban J connectivity index is 1.86. The van der Waals surface area contributed by atoms with Crippen molar-refractivity contribution in [2.75, 3.05) is 6.61 Å². The van der Waals surface area contributed by atoms with Crippen molar-refractivity contribution in [2.45, 2.75) is 59.0 Å². The van der Waals surface area contributed by atoms with E-state index in [0.717, 1.165) is 30.7 Å². The van der Waals surface area contributed by atoms with Gasteiger partial charge in [0.15, 0.2) is 6.61 Å². The van der Waals surface area contributed by atoms with Gasteiger partial charge in [-0.2, -0.15) is 0 Å². The van der Waals surface area contributed by atoms with Crippen LogP contribution in [0.25, 0.3) is 0 Å². The zero-order valence-corrected chi connectivity index (χ0v) is 14.6. The number of hydrogen-bond acceptors (Lipinski definition) is 4. The number of aromatic nitrogens is 1. The Hall–Kier alpha value is -2.31. The number of carbonyl (C=O) groups excluding carboxylic acids is 3. The van der Waals surface area contributed by atoms with E-state index in [-0.39, 0.29) is 6.04 Å². The van der Waals surface area contributed by atoms with Crippen molar-refractivity contribution in [1.29, 1.82) is 0 Å². The SMILES string of the molecule is CC[C@@H](C)NC(=O)NC(=O)COC(=O)c1cc(C)n(C2CC2)c1C.